The van der Waals surface area contributed by atoms with Crippen LogP contribution in [0.3, 0.4) is 0 Å². The van der Waals surface area contributed by atoms with Gasteiger partial charge in [-0.05, 0) is 24.8 Å². The Labute approximate surface area is 102 Å². The number of urea groups is 1. The van der Waals surface area contributed by atoms with Crippen molar-refractivity contribution in [3.05, 3.63) is 18.0 Å². The highest BCUT2D eigenvalue weighted by Gasteiger charge is 2.19. The van der Waals surface area contributed by atoms with Crippen molar-refractivity contribution in [2.24, 2.45) is 13.0 Å². The molecule has 0 bridgehead atoms. The van der Waals surface area contributed by atoms with Crippen LogP contribution in [0.15, 0.2) is 12.3 Å². The number of hydrogen-bond acceptors (Lipinski definition) is 2. The van der Waals surface area contributed by atoms with Gasteiger partial charge >= 0.3 is 6.03 Å². The van der Waals surface area contributed by atoms with E-state index >= 15 is 0 Å². The lowest BCUT2D eigenvalue weighted by atomic mass is 10.00. The second-order valence-electron chi connectivity index (χ2n) is 4.77. The monoisotopic (exact) mass is 236 g/mol. The molecular weight excluding hydrogens is 216 g/mol. The van der Waals surface area contributed by atoms with Crippen LogP contribution in [-0.4, -0.2) is 33.8 Å². The third-order valence-electron chi connectivity index (χ3n) is 3.41. The number of rotatable bonds is 2. The highest BCUT2D eigenvalue weighted by atomic mass is 16.2. The van der Waals surface area contributed by atoms with Crippen LogP contribution in [0.25, 0.3) is 0 Å². The van der Waals surface area contributed by atoms with Crippen LogP contribution in [0.2, 0.25) is 0 Å². The molecule has 2 rings (SSSR count). The second kappa shape index (κ2) is 5.21. The van der Waals surface area contributed by atoms with E-state index in [-0.39, 0.29) is 6.03 Å². The summed E-state index contributed by atoms with van der Waals surface area (Å²) in [6, 6.07) is 1.96. The quantitative estimate of drug-likeness (QED) is 0.843. The zero-order valence-corrected chi connectivity index (χ0v) is 10.5. The zero-order valence-electron chi connectivity index (χ0n) is 10.5. The van der Waals surface area contributed by atoms with Crippen molar-refractivity contribution in [1.29, 1.82) is 0 Å². The summed E-state index contributed by atoms with van der Waals surface area (Å²) in [5.41, 5.74) is 1.02. The molecule has 0 saturated carbocycles. The number of hydrogen-bond donors (Lipinski definition) is 1. The number of likely N-dealkylation sites (tertiary alicyclic amines) is 1. The maximum Gasteiger partial charge on any atom is 0.317 e. The first kappa shape index (κ1) is 12.0. The van der Waals surface area contributed by atoms with Crippen LogP contribution in [0, 0.1) is 5.92 Å². The van der Waals surface area contributed by atoms with Crippen molar-refractivity contribution in [3.63, 3.8) is 0 Å². The van der Waals surface area contributed by atoms with Crippen LogP contribution in [0.1, 0.15) is 25.5 Å². The molecule has 5 heteroatoms. The van der Waals surface area contributed by atoms with E-state index < -0.39 is 0 Å². The molecular formula is C12H20N4O. The van der Waals surface area contributed by atoms with Gasteiger partial charge in [-0.15, -0.1) is 0 Å². The lowest BCUT2D eigenvalue weighted by Gasteiger charge is -2.30. The van der Waals surface area contributed by atoms with Crippen LogP contribution >= 0.6 is 0 Å². The van der Waals surface area contributed by atoms with Gasteiger partial charge in [0.1, 0.15) is 0 Å². The SMILES string of the molecule is CC1CCN(C(=O)NCc2ccnn2C)CC1. The van der Waals surface area contributed by atoms with E-state index in [0.717, 1.165) is 37.5 Å². The average Bonchev–Trinajstić information content (AvgIpc) is 2.73. The number of piperidine rings is 1. The number of aryl methyl sites for hydroxylation is 1. The minimum absolute atomic E-state index is 0.0399. The summed E-state index contributed by atoms with van der Waals surface area (Å²) >= 11 is 0. The Morgan fingerprint density at radius 3 is 2.82 bits per heavy atom. The largest absolute Gasteiger partial charge is 0.332 e. The number of nitrogens with one attached hydrogen (secondary N) is 1. The highest BCUT2D eigenvalue weighted by molar-refractivity contribution is 5.74. The van der Waals surface area contributed by atoms with Crippen LogP contribution < -0.4 is 5.32 Å². The fourth-order valence-corrected chi connectivity index (χ4v) is 2.06. The van der Waals surface area contributed by atoms with E-state index in [1.54, 1.807) is 10.9 Å². The summed E-state index contributed by atoms with van der Waals surface area (Å²) in [5.74, 6) is 0.746. The summed E-state index contributed by atoms with van der Waals surface area (Å²) in [4.78, 5) is 13.8. The molecule has 2 heterocycles. The van der Waals surface area contributed by atoms with Crippen LogP contribution in [0.4, 0.5) is 4.79 Å². The van der Waals surface area contributed by atoms with Crippen LogP contribution in [0.5, 0.6) is 0 Å². The topological polar surface area (TPSA) is 50.2 Å². The van der Waals surface area contributed by atoms with Gasteiger partial charge < -0.3 is 10.2 Å². The van der Waals surface area contributed by atoms with Crippen molar-refractivity contribution in [1.82, 2.24) is 20.0 Å². The lowest BCUT2D eigenvalue weighted by molar-refractivity contribution is 0.173. The second-order valence-corrected chi connectivity index (χ2v) is 4.77. The van der Waals surface area contributed by atoms with Crippen molar-refractivity contribution >= 4 is 6.03 Å². The Kier molecular flexibility index (Phi) is 3.66. The van der Waals surface area contributed by atoms with E-state index in [9.17, 15) is 4.79 Å². The molecule has 0 aromatic carbocycles. The van der Waals surface area contributed by atoms with Gasteiger partial charge in [0.2, 0.25) is 0 Å². The van der Waals surface area contributed by atoms with E-state index in [1.807, 2.05) is 18.0 Å². The average molecular weight is 236 g/mol. The number of amides is 2. The molecule has 0 radical (unpaired) electrons. The van der Waals surface area contributed by atoms with Gasteiger partial charge in [-0.1, -0.05) is 6.92 Å². The molecule has 0 aliphatic carbocycles. The lowest BCUT2D eigenvalue weighted by Crippen LogP contribution is -2.44. The number of aromatic nitrogens is 2. The van der Waals surface area contributed by atoms with Gasteiger partial charge in [0, 0.05) is 26.3 Å². The minimum Gasteiger partial charge on any atom is -0.332 e. The molecule has 1 aromatic rings. The number of carbonyl (C=O) groups is 1. The highest BCUT2D eigenvalue weighted by Crippen LogP contribution is 2.15. The van der Waals surface area contributed by atoms with Crippen LogP contribution in [-0.2, 0) is 13.6 Å². The summed E-state index contributed by atoms with van der Waals surface area (Å²) in [5, 5.41) is 7.01. The third kappa shape index (κ3) is 2.99. The fourth-order valence-electron chi connectivity index (χ4n) is 2.06. The summed E-state index contributed by atoms with van der Waals surface area (Å²) < 4.78 is 1.78. The van der Waals surface area contributed by atoms with E-state index in [2.05, 4.69) is 17.3 Å². The van der Waals surface area contributed by atoms with Crippen molar-refractivity contribution in [2.45, 2.75) is 26.3 Å². The first-order chi connectivity index (χ1) is 8.16. The first-order valence-corrected chi connectivity index (χ1v) is 6.16. The number of nitrogens with zero attached hydrogens (tertiary/aromatic N) is 3. The normalized spacial score (nSPS) is 17.2. The smallest absolute Gasteiger partial charge is 0.317 e. The van der Waals surface area contributed by atoms with Crippen molar-refractivity contribution < 1.29 is 4.79 Å². The molecule has 1 aliphatic rings. The van der Waals surface area contributed by atoms with Gasteiger partial charge in [0.15, 0.2) is 0 Å². The molecule has 1 aromatic heterocycles. The molecule has 17 heavy (non-hydrogen) atoms. The Balaban J connectivity index is 1.80. The molecule has 0 atom stereocenters. The van der Waals surface area contributed by atoms with Gasteiger partial charge in [-0.2, -0.15) is 5.10 Å². The molecule has 1 N–H and O–H groups in total. The molecule has 5 nitrogen and oxygen atoms in total. The maximum atomic E-state index is 11.9. The Hall–Kier alpha value is -1.52. The molecule has 0 spiro atoms. The molecule has 94 valence electrons. The first-order valence-electron chi connectivity index (χ1n) is 6.16. The van der Waals surface area contributed by atoms with Crippen molar-refractivity contribution in [2.75, 3.05) is 13.1 Å². The van der Waals surface area contributed by atoms with E-state index in [0.29, 0.717) is 6.54 Å². The van der Waals surface area contributed by atoms with Gasteiger partial charge in [-0.3, -0.25) is 4.68 Å². The molecule has 2 amide bonds. The van der Waals surface area contributed by atoms with Gasteiger partial charge in [0.05, 0.1) is 12.2 Å². The summed E-state index contributed by atoms with van der Waals surface area (Å²) in [7, 11) is 1.88. The molecule has 1 fully saturated rings. The summed E-state index contributed by atoms with van der Waals surface area (Å²) in [6.45, 7) is 4.53. The minimum atomic E-state index is 0.0399. The standard InChI is InChI=1S/C12H20N4O/c1-10-4-7-16(8-5-10)12(17)13-9-11-3-6-14-15(11)2/h3,6,10H,4-5,7-9H2,1-2H3,(H,13,17). The van der Waals surface area contributed by atoms with E-state index in [1.165, 1.54) is 0 Å². The fraction of sp³-hybridized carbons (Fsp3) is 0.667. The Morgan fingerprint density at radius 1 is 1.53 bits per heavy atom. The predicted octanol–water partition coefficient (Wildman–Crippen LogP) is 1.36. The predicted molar refractivity (Wildman–Crippen MR) is 65.4 cm³/mol. The maximum absolute atomic E-state index is 11.9. The van der Waals surface area contributed by atoms with E-state index in [4.69, 9.17) is 0 Å². The van der Waals surface area contributed by atoms with Gasteiger partial charge in [-0.25, -0.2) is 4.79 Å². The number of carbonyl (C=O) groups excluding carboxylic acids is 1. The Bertz CT molecular complexity index is 380. The molecule has 1 saturated heterocycles. The Morgan fingerprint density at radius 2 is 2.24 bits per heavy atom. The zero-order chi connectivity index (χ0) is 12.3. The van der Waals surface area contributed by atoms with Crippen molar-refractivity contribution in [3.8, 4) is 0 Å². The third-order valence-corrected chi connectivity index (χ3v) is 3.41. The molecule has 0 unspecified atom stereocenters. The summed E-state index contributed by atoms with van der Waals surface area (Å²) in [6.07, 6.45) is 3.96. The van der Waals surface area contributed by atoms with Gasteiger partial charge in [0.25, 0.3) is 0 Å². The molecule has 1 aliphatic heterocycles.